The Morgan fingerprint density at radius 3 is 2.73 bits per heavy atom. The first-order chi connectivity index (χ1) is 10.6. The van der Waals surface area contributed by atoms with E-state index in [0.29, 0.717) is 11.8 Å². The number of carbonyl (C=O) groups excluding carboxylic acids is 1. The Balaban J connectivity index is 2.06. The lowest BCUT2D eigenvalue weighted by Crippen LogP contribution is -2.10. The molecule has 1 aromatic heterocycles. The van der Waals surface area contributed by atoms with Gasteiger partial charge < -0.3 is 4.74 Å². The first-order valence-corrected chi connectivity index (χ1v) is 8.25. The molecule has 0 spiro atoms. The minimum absolute atomic E-state index is 0.203. The number of unbranched alkanes of at least 4 members (excludes halogenated alkanes) is 1. The van der Waals surface area contributed by atoms with Gasteiger partial charge in [-0.3, -0.25) is 4.79 Å². The molecule has 1 heterocycles. The summed E-state index contributed by atoms with van der Waals surface area (Å²) in [6, 6.07) is 6.02. The van der Waals surface area contributed by atoms with E-state index in [1.807, 2.05) is 32.0 Å². The number of aryl methyl sites for hydroxylation is 2. The number of aromatic nitrogens is 4. The molecule has 0 unspecified atom stereocenters. The van der Waals surface area contributed by atoms with Crippen LogP contribution in [0.4, 0.5) is 0 Å². The maximum atomic E-state index is 11.7. The zero-order chi connectivity index (χ0) is 15.9. The summed E-state index contributed by atoms with van der Waals surface area (Å²) in [5.41, 5.74) is 3.12. The first-order valence-electron chi connectivity index (χ1n) is 7.27. The van der Waals surface area contributed by atoms with Crippen LogP contribution in [0.15, 0.2) is 23.4 Å². The average Bonchev–Trinajstić information content (AvgIpc) is 2.93. The maximum absolute atomic E-state index is 11.7. The van der Waals surface area contributed by atoms with Gasteiger partial charge in [-0.05, 0) is 41.8 Å². The summed E-state index contributed by atoms with van der Waals surface area (Å²) < 4.78 is 6.81. The zero-order valence-corrected chi connectivity index (χ0v) is 13.9. The molecule has 1 aromatic carbocycles. The van der Waals surface area contributed by atoms with Crippen molar-refractivity contribution in [2.75, 3.05) is 12.4 Å². The number of ether oxygens (including phenoxy) is 1. The summed E-state index contributed by atoms with van der Waals surface area (Å²) >= 11 is 1.28. The number of benzene rings is 1. The van der Waals surface area contributed by atoms with Gasteiger partial charge in [0, 0.05) is 0 Å². The standard InChI is InChI=1S/C15H20N4O2S/c1-4-5-9-21-13(20)10-22-15-16-17-18-19(15)14-11(2)7-6-8-12(14)3/h6-8H,4-5,9-10H2,1-3H3. The number of carbonyl (C=O) groups is 1. The second kappa shape index (κ2) is 7.93. The van der Waals surface area contributed by atoms with Gasteiger partial charge in [0.2, 0.25) is 5.16 Å². The van der Waals surface area contributed by atoms with Crippen LogP contribution in [0.25, 0.3) is 5.69 Å². The van der Waals surface area contributed by atoms with Gasteiger partial charge in [-0.2, -0.15) is 4.68 Å². The van der Waals surface area contributed by atoms with Crippen LogP contribution in [0.2, 0.25) is 0 Å². The lowest BCUT2D eigenvalue weighted by molar-refractivity contribution is -0.140. The number of rotatable bonds is 7. The molecule has 6 nitrogen and oxygen atoms in total. The molecule has 0 radical (unpaired) electrons. The second-order valence-corrected chi connectivity index (χ2v) is 5.92. The van der Waals surface area contributed by atoms with Gasteiger partial charge in [-0.15, -0.1) is 5.10 Å². The van der Waals surface area contributed by atoms with Crippen molar-refractivity contribution in [3.63, 3.8) is 0 Å². The van der Waals surface area contributed by atoms with Gasteiger partial charge in [0.05, 0.1) is 18.0 Å². The summed E-state index contributed by atoms with van der Waals surface area (Å²) in [6.45, 7) is 6.55. The van der Waals surface area contributed by atoms with E-state index < -0.39 is 0 Å². The molecule has 0 aliphatic carbocycles. The van der Waals surface area contributed by atoms with Crippen LogP contribution in [-0.2, 0) is 9.53 Å². The van der Waals surface area contributed by atoms with Crippen LogP contribution in [0, 0.1) is 13.8 Å². The lowest BCUT2D eigenvalue weighted by atomic mass is 10.1. The number of para-hydroxylation sites is 1. The number of thioether (sulfide) groups is 1. The molecule has 0 saturated carbocycles. The molecule has 0 aliphatic rings. The highest BCUT2D eigenvalue weighted by Crippen LogP contribution is 2.23. The summed E-state index contributed by atoms with van der Waals surface area (Å²) in [5.74, 6) is -0.0378. The van der Waals surface area contributed by atoms with Gasteiger partial charge >= 0.3 is 5.97 Å². The number of esters is 1. The summed E-state index contributed by atoms with van der Waals surface area (Å²) in [4.78, 5) is 11.7. The second-order valence-electron chi connectivity index (χ2n) is 4.98. The summed E-state index contributed by atoms with van der Waals surface area (Å²) in [6.07, 6.45) is 1.89. The van der Waals surface area contributed by atoms with E-state index in [1.54, 1.807) is 4.68 Å². The van der Waals surface area contributed by atoms with Gasteiger partial charge in [-0.1, -0.05) is 43.3 Å². The van der Waals surface area contributed by atoms with Crippen LogP contribution in [0.3, 0.4) is 0 Å². The van der Waals surface area contributed by atoms with E-state index in [2.05, 4.69) is 22.4 Å². The minimum atomic E-state index is -0.241. The molecule has 0 bridgehead atoms. The lowest BCUT2D eigenvalue weighted by Gasteiger charge is -2.10. The van der Waals surface area contributed by atoms with Gasteiger partial charge in [0.25, 0.3) is 0 Å². The van der Waals surface area contributed by atoms with Crippen molar-refractivity contribution in [3.8, 4) is 5.69 Å². The van der Waals surface area contributed by atoms with E-state index in [-0.39, 0.29) is 11.7 Å². The van der Waals surface area contributed by atoms with E-state index in [9.17, 15) is 4.79 Å². The highest BCUT2D eigenvalue weighted by Gasteiger charge is 2.15. The number of nitrogens with zero attached hydrogens (tertiary/aromatic N) is 4. The Hall–Kier alpha value is -1.89. The quantitative estimate of drug-likeness (QED) is 0.444. The Labute approximate surface area is 134 Å². The van der Waals surface area contributed by atoms with Gasteiger partial charge in [-0.25, -0.2) is 0 Å². The van der Waals surface area contributed by atoms with Crippen molar-refractivity contribution >= 4 is 17.7 Å². The number of hydrogen-bond donors (Lipinski definition) is 0. The molecule has 2 rings (SSSR count). The third-order valence-electron chi connectivity index (χ3n) is 3.17. The van der Waals surface area contributed by atoms with Crippen molar-refractivity contribution in [2.45, 2.75) is 38.8 Å². The number of hydrogen-bond acceptors (Lipinski definition) is 6. The molecule has 0 saturated heterocycles. The van der Waals surface area contributed by atoms with Crippen LogP contribution in [0.5, 0.6) is 0 Å². The largest absolute Gasteiger partial charge is 0.465 e. The Kier molecular flexibility index (Phi) is 5.94. The highest BCUT2D eigenvalue weighted by molar-refractivity contribution is 7.99. The third-order valence-corrected chi connectivity index (χ3v) is 4.07. The normalized spacial score (nSPS) is 10.7. The molecule has 0 amide bonds. The molecule has 0 fully saturated rings. The first kappa shape index (κ1) is 16.5. The Morgan fingerprint density at radius 1 is 1.32 bits per heavy atom. The van der Waals surface area contributed by atoms with E-state index in [1.165, 1.54) is 11.8 Å². The van der Waals surface area contributed by atoms with E-state index in [0.717, 1.165) is 29.7 Å². The van der Waals surface area contributed by atoms with Crippen LogP contribution < -0.4 is 0 Å². The fourth-order valence-corrected chi connectivity index (χ4v) is 2.72. The van der Waals surface area contributed by atoms with E-state index >= 15 is 0 Å². The number of tetrazole rings is 1. The minimum Gasteiger partial charge on any atom is -0.465 e. The van der Waals surface area contributed by atoms with Crippen molar-refractivity contribution < 1.29 is 9.53 Å². The monoisotopic (exact) mass is 320 g/mol. The average molecular weight is 320 g/mol. The molecular formula is C15H20N4O2S. The van der Waals surface area contributed by atoms with Crippen molar-refractivity contribution in [1.29, 1.82) is 0 Å². The van der Waals surface area contributed by atoms with Crippen molar-refractivity contribution in [2.24, 2.45) is 0 Å². The van der Waals surface area contributed by atoms with Crippen LogP contribution in [-0.4, -0.2) is 38.5 Å². The predicted molar refractivity (Wildman–Crippen MR) is 85.2 cm³/mol. The molecular weight excluding hydrogens is 300 g/mol. The Morgan fingerprint density at radius 2 is 2.05 bits per heavy atom. The van der Waals surface area contributed by atoms with Crippen LogP contribution in [0.1, 0.15) is 30.9 Å². The van der Waals surface area contributed by atoms with E-state index in [4.69, 9.17) is 4.74 Å². The molecule has 0 aliphatic heterocycles. The molecule has 7 heteroatoms. The van der Waals surface area contributed by atoms with Crippen LogP contribution >= 0.6 is 11.8 Å². The third kappa shape index (κ3) is 4.07. The highest BCUT2D eigenvalue weighted by atomic mass is 32.2. The molecule has 0 N–H and O–H groups in total. The van der Waals surface area contributed by atoms with Gasteiger partial charge in [0.1, 0.15) is 0 Å². The zero-order valence-electron chi connectivity index (χ0n) is 13.1. The summed E-state index contributed by atoms with van der Waals surface area (Å²) in [7, 11) is 0. The predicted octanol–water partition coefficient (Wildman–Crippen LogP) is 2.71. The molecule has 118 valence electrons. The fraction of sp³-hybridized carbons (Fsp3) is 0.467. The topological polar surface area (TPSA) is 69.9 Å². The SMILES string of the molecule is CCCCOC(=O)CSc1nnnn1-c1c(C)cccc1C. The van der Waals surface area contributed by atoms with Crippen molar-refractivity contribution in [1.82, 2.24) is 20.2 Å². The fourth-order valence-electron chi connectivity index (χ4n) is 2.04. The van der Waals surface area contributed by atoms with Gasteiger partial charge in [0.15, 0.2) is 0 Å². The molecule has 0 atom stereocenters. The molecule has 22 heavy (non-hydrogen) atoms. The maximum Gasteiger partial charge on any atom is 0.316 e. The van der Waals surface area contributed by atoms with Crippen molar-refractivity contribution in [3.05, 3.63) is 29.3 Å². The molecule has 2 aromatic rings. The smallest absolute Gasteiger partial charge is 0.316 e. The Bertz CT molecular complexity index is 622. The summed E-state index contributed by atoms with van der Waals surface area (Å²) in [5, 5.41) is 12.4.